The number of carbonyl (C=O) groups is 1. The van der Waals surface area contributed by atoms with Gasteiger partial charge in [-0.1, -0.05) is 6.07 Å². The number of amides is 1. The molecule has 2 aromatic carbocycles. The lowest BCUT2D eigenvalue weighted by atomic mass is 10.2. The third kappa shape index (κ3) is 4.24. The monoisotopic (exact) mass is 294 g/mol. The first-order valence-electron chi connectivity index (χ1n) is 6.20. The molecule has 0 saturated carbocycles. The molecule has 2 rings (SSSR count). The first-order valence-corrected chi connectivity index (χ1v) is 6.20. The van der Waals surface area contributed by atoms with Crippen molar-refractivity contribution in [2.24, 2.45) is 0 Å². The molecule has 0 saturated heterocycles. The van der Waals surface area contributed by atoms with Crippen LogP contribution in [0.25, 0.3) is 0 Å². The van der Waals surface area contributed by atoms with Gasteiger partial charge in [0.2, 0.25) is 5.91 Å². The number of nitrogens with one attached hydrogen (secondary N) is 2. The number of carbonyl (C=O) groups excluding carboxylic acids is 1. The molecule has 0 atom stereocenters. The van der Waals surface area contributed by atoms with E-state index in [1.165, 1.54) is 12.1 Å². The Morgan fingerprint density at radius 1 is 1.00 bits per heavy atom. The third-order valence-corrected chi connectivity index (χ3v) is 2.79. The number of anilines is 2. The SMILES string of the molecule is Cc1ccc(F)cc1NCC(=O)Nc1cc(F)cc(F)c1. The van der Waals surface area contributed by atoms with Gasteiger partial charge < -0.3 is 10.6 Å². The van der Waals surface area contributed by atoms with E-state index in [4.69, 9.17) is 0 Å². The standard InChI is InChI=1S/C15H13F3N2O/c1-9-2-3-10(16)7-14(9)19-8-15(21)20-13-5-11(17)4-12(18)6-13/h2-7,19H,8H2,1H3,(H,20,21). The topological polar surface area (TPSA) is 41.1 Å². The van der Waals surface area contributed by atoms with Gasteiger partial charge in [-0.2, -0.15) is 0 Å². The van der Waals surface area contributed by atoms with E-state index in [0.717, 1.165) is 17.7 Å². The molecule has 0 radical (unpaired) electrons. The van der Waals surface area contributed by atoms with E-state index < -0.39 is 23.4 Å². The molecule has 2 aromatic rings. The highest BCUT2D eigenvalue weighted by molar-refractivity contribution is 5.93. The Morgan fingerprint density at radius 2 is 1.67 bits per heavy atom. The van der Waals surface area contributed by atoms with Crippen molar-refractivity contribution in [3.05, 3.63) is 59.4 Å². The summed E-state index contributed by atoms with van der Waals surface area (Å²) in [6.45, 7) is 1.62. The molecule has 0 spiro atoms. The fraction of sp³-hybridized carbons (Fsp3) is 0.133. The summed E-state index contributed by atoms with van der Waals surface area (Å²) in [6, 6.07) is 6.89. The Bertz CT molecular complexity index is 654. The summed E-state index contributed by atoms with van der Waals surface area (Å²) < 4.78 is 39.0. The van der Waals surface area contributed by atoms with Crippen LogP contribution in [0.1, 0.15) is 5.56 Å². The van der Waals surface area contributed by atoms with Gasteiger partial charge in [-0.15, -0.1) is 0 Å². The van der Waals surface area contributed by atoms with Crippen LogP contribution < -0.4 is 10.6 Å². The van der Waals surface area contributed by atoms with E-state index in [-0.39, 0.29) is 12.2 Å². The molecule has 0 bridgehead atoms. The van der Waals surface area contributed by atoms with Gasteiger partial charge in [-0.3, -0.25) is 4.79 Å². The molecule has 3 nitrogen and oxygen atoms in total. The molecular weight excluding hydrogens is 281 g/mol. The van der Waals surface area contributed by atoms with E-state index in [2.05, 4.69) is 10.6 Å². The second-order valence-electron chi connectivity index (χ2n) is 4.52. The maximum atomic E-state index is 13.1. The van der Waals surface area contributed by atoms with Gasteiger partial charge in [0, 0.05) is 17.4 Å². The fourth-order valence-corrected chi connectivity index (χ4v) is 1.79. The quantitative estimate of drug-likeness (QED) is 0.906. The summed E-state index contributed by atoms with van der Waals surface area (Å²) in [6.07, 6.45) is 0. The minimum Gasteiger partial charge on any atom is -0.376 e. The number of halogens is 3. The Labute approximate surface area is 119 Å². The summed E-state index contributed by atoms with van der Waals surface area (Å²) in [7, 11) is 0. The molecule has 6 heteroatoms. The van der Waals surface area contributed by atoms with Crippen LogP contribution >= 0.6 is 0 Å². The first-order chi connectivity index (χ1) is 9.94. The van der Waals surface area contributed by atoms with E-state index in [9.17, 15) is 18.0 Å². The predicted molar refractivity (Wildman–Crippen MR) is 74.6 cm³/mol. The Balaban J connectivity index is 1.97. The van der Waals surface area contributed by atoms with Crippen LogP contribution in [0.15, 0.2) is 36.4 Å². The normalized spacial score (nSPS) is 10.3. The number of hydrogen-bond donors (Lipinski definition) is 2. The average Bonchev–Trinajstić information content (AvgIpc) is 2.38. The lowest BCUT2D eigenvalue weighted by Gasteiger charge is -2.10. The van der Waals surface area contributed by atoms with Crippen LogP contribution in [0.3, 0.4) is 0 Å². The smallest absolute Gasteiger partial charge is 0.243 e. The van der Waals surface area contributed by atoms with E-state index >= 15 is 0 Å². The highest BCUT2D eigenvalue weighted by Gasteiger charge is 2.07. The predicted octanol–water partition coefficient (Wildman–Crippen LogP) is 3.46. The van der Waals surface area contributed by atoms with E-state index in [1.807, 2.05) is 0 Å². The molecule has 0 fully saturated rings. The molecule has 0 aliphatic carbocycles. The maximum Gasteiger partial charge on any atom is 0.243 e. The number of aryl methyl sites for hydroxylation is 1. The molecule has 0 aliphatic rings. The van der Waals surface area contributed by atoms with Gasteiger partial charge in [0.15, 0.2) is 0 Å². The van der Waals surface area contributed by atoms with Crippen LogP contribution in [0.5, 0.6) is 0 Å². The van der Waals surface area contributed by atoms with Gasteiger partial charge in [0.1, 0.15) is 17.5 Å². The zero-order chi connectivity index (χ0) is 15.4. The third-order valence-electron chi connectivity index (χ3n) is 2.79. The minimum atomic E-state index is -0.778. The zero-order valence-electron chi connectivity index (χ0n) is 11.2. The molecule has 0 unspecified atom stereocenters. The Morgan fingerprint density at radius 3 is 2.33 bits per heavy atom. The average molecular weight is 294 g/mol. The molecule has 0 aliphatic heterocycles. The van der Waals surface area contributed by atoms with Crippen LogP contribution in [-0.2, 0) is 4.79 Å². The van der Waals surface area contributed by atoms with Gasteiger partial charge >= 0.3 is 0 Å². The van der Waals surface area contributed by atoms with Crippen molar-refractivity contribution in [3.63, 3.8) is 0 Å². The highest BCUT2D eigenvalue weighted by Crippen LogP contribution is 2.16. The summed E-state index contributed by atoms with van der Waals surface area (Å²) in [4.78, 5) is 11.7. The lowest BCUT2D eigenvalue weighted by Crippen LogP contribution is -2.22. The van der Waals surface area contributed by atoms with Crippen molar-refractivity contribution >= 4 is 17.3 Å². The largest absolute Gasteiger partial charge is 0.376 e. The van der Waals surface area contributed by atoms with Crippen LogP contribution in [0.2, 0.25) is 0 Å². The molecule has 21 heavy (non-hydrogen) atoms. The minimum absolute atomic E-state index is 0.0234. The Hall–Kier alpha value is -2.50. The maximum absolute atomic E-state index is 13.1. The van der Waals surface area contributed by atoms with Crippen LogP contribution in [-0.4, -0.2) is 12.5 Å². The number of hydrogen-bond acceptors (Lipinski definition) is 2. The molecule has 110 valence electrons. The summed E-state index contributed by atoms with van der Waals surface area (Å²) in [5, 5.41) is 5.12. The lowest BCUT2D eigenvalue weighted by molar-refractivity contribution is -0.114. The number of rotatable bonds is 4. The van der Waals surface area contributed by atoms with Gasteiger partial charge in [-0.25, -0.2) is 13.2 Å². The summed E-state index contributed by atoms with van der Waals surface area (Å²) >= 11 is 0. The van der Waals surface area contributed by atoms with E-state index in [0.29, 0.717) is 11.8 Å². The van der Waals surface area contributed by atoms with Crippen molar-refractivity contribution in [1.29, 1.82) is 0 Å². The molecule has 0 heterocycles. The highest BCUT2D eigenvalue weighted by atomic mass is 19.1. The van der Waals surface area contributed by atoms with Crippen molar-refractivity contribution < 1.29 is 18.0 Å². The van der Waals surface area contributed by atoms with Crippen molar-refractivity contribution in [3.8, 4) is 0 Å². The number of benzene rings is 2. The van der Waals surface area contributed by atoms with Crippen molar-refractivity contribution in [2.75, 3.05) is 17.2 Å². The van der Waals surface area contributed by atoms with Gasteiger partial charge in [0.25, 0.3) is 0 Å². The second kappa shape index (κ2) is 6.30. The van der Waals surface area contributed by atoms with Crippen LogP contribution in [0, 0.1) is 24.4 Å². The summed E-state index contributed by atoms with van der Waals surface area (Å²) in [5.74, 6) is -2.47. The van der Waals surface area contributed by atoms with Crippen molar-refractivity contribution in [2.45, 2.75) is 6.92 Å². The summed E-state index contributed by atoms with van der Waals surface area (Å²) in [5.41, 5.74) is 1.28. The Kier molecular flexibility index (Phi) is 4.47. The first kappa shape index (κ1) is 14.9. The van der Waals surface area contributed by atoms with Crippen molar-refractivity contribution in [1.82, 2.24) is 0 Å². The zero-order valence-corrected chi connectivity index (χ0v) is 11.2. The second-order valence-corrected chi connectivity index (χ2v) is 4.52. The van der Waals surface area contributed by atoms with Crippen LogP contribution in [0.4, 0.5) is 24.5 Å². The van der Waals surface area contributed by atoms with E-state index in [1.54, 1.807) is 13.0 Å². The molecule has 0 aromatic heterocycles. The van der Waals surface area contributed by atoms with Gasteiger partial charge in [-0.05, 0) is 36.8 Å². The molecule has 2 N–H and O–H groups in total. The molecular formula is C15H13F3N2O. The fourth-order valence-electron chi connectivity index (χ4n) is 1.79. The molecule has 1 amide bonds. The van der Waals surface area contributed by atoms with Gasteiger partial charge in [0.05, 0.1) is 6.54 Å².